The largest absolute Gasteiger partial charge is 0.355 e. The zero-order valence-corrected chi connectivity index (χ0v) is 13.3. The van der Waals surface area contributed by atoms with E-state index in [2.05, 4.69) is 15.9 Å². The van der Waals surface area contributed by atoms with Crippen LogP contribution >= 0.6 is 39.1 Å². The summed E-state index contributed by atoms with van der Waals surface area (Å²) in [5, 5.41) is 1.77. The molecule has 104 valence electrons. The van der Waals surface area contributed by atoms with Gasteiger partial charge in [0.05, 0.1) is 0 Å². The molecule has 0 spiro atoms. The number of ether oxygens (including phenoxy) is 1. The molecular formula is C15H10BrCl2FO. The molecule has 1 aliphatic heterocycles. The first kappa shape index (κ1) is 14.3. The standard InChI is InChI=1S/C15H10BrCl2FO/c16-8-15(9-1-4-11(19)5-2-9)14(20-15)12-6-3-10(17)7-13(12)18/h1-7,14H,8H2. The number of epoxide rings is 1. The lowest BCUT2D eigenvalue weighted by Crippen LogP contribution is -2.12. The van der Waals surface area contributed by atoms with Gasteiger partial charge in [-0.1, -0.05) is 57.3 Å². The number of hydrogen-bond donors (Lipinski definition) is 0. The molecule has 2 aromatic rings. The Morgan fingerprint density at radius 1 is 1.15 bits per heavy atom. The number of alkyl halides is 1. The third kappa shape index (κ3) is 2.37. The normalized spacial score (nSPS) is 24.7. The van der Waals surface area contributed by atoms with E-state index in [9.17, 15) is 4.39 Å². The summed E-state index contributed by atoms with van der Waals surface area (Å²) in [4.78, 5) is 0. The van der Waals surface area contributed by atoms with Gasteiger partial charge in [0.25, 0.3) is 0 Å². The summed E-state index contributed by atoms with van der Waals surface area (Å²) >= 11 is 15.6. The lowest BCUT2D eigenvalue weighted by atomic mass is 9.93. The summed E-state index contributed by atoms with van der Waals surface area (Å²) in [6.45, 7) is 0. The van der Waals surface area contributed by atoms with Crippen molar-refractivity contribution in [3.63, 3.8) is 0 Å². The number of halogens is 4. The van der Waals surface area contributed by atoms with E-state index in [0.29, 0.717) is 15.4 Å². The van der Waals surface area contributed by atoms with Gasteiger partial charge in [-0.2, -0.15) is 0 Å². The van der Waals surface area contributed by atoms with Crippen LogP contribution in [0.25, 0.3) is 0 Å². The Balaban J connectivity index is 1.96. The molecule has 2 aromatic carbocycles. The van der Waals surface area contributed by atoms with Gasteiger partial charge in [-0.15, -0.1) is 0 Å². The summed E-state index contributed by atoms with van der Waals surface area (Å²) in [7, 11) is 0. The van der Waals surface area contributed by atoms with Crippen molar-refractivity contribution in [1.82, 2.24) is 0 Å². The Hall–Kier alpha value is -0.610. The predicted octanol–water partition coefficient (Wildman–Crippen LogP) is 5.49. The van der Waals surface area contributed by atoms with Gasteiger partial charge in [0.1, 0.15) is 17.5 Å². The molecule has 3 rings (SSSR count). The van der Waals surface area contributed by atoms with Crippen molar-refractivity contribution in [1.29, 1.82) is 0 Å². The van der Waals surface area contributed by atoms with Gasteiger partial charge in [-0.25, -0.2) is 4.39 Å². The van der Waals surface area contributed by atoms with E-state index in [1.165, 1.54) is 12.1 Å². The maximum absolute atomic E-state index is 13.0. The minimum atomic E-state index is -0.495. The molecular weight excluding hydrogens is 366 g/mol. The quantitative estimate of drug-likeness (QED) is 0.510. The van der Waals surface area contributed by atoms with Crippen LogP contribution in [0, 0.1) is 5.82 Å². The van der Waals surface area contributed by atoms with Crippen LogP contribution in [0.3, 0.4) is 0 Å². The summed E-state index contributed by atoms with van der Waals surface area (Å²) < 4.78 is 18.9. The van der Waals surface area contributed by atoms with Crippen molar-refractivity contribution in [2.75, 3.05) is 5.33 Å². The molecule has 0 bridgehead atoms. The number of benzene rings is 2. The zero-order chi connectivity index (χ0) is 14.3. The lowest BCUT2D eigenvalue weighted by molar-refractivity contribution is 0.318. The number of rotatable bonds is 3. The predicted molar refractivity (Wildman–Crippen MR) is 82.2 cm³/mol. The Morgan fingerprint density at radius 2 is 1.85 bits per heavy atom. The summed E-state index contributed by atoms with van der Waals surface area (Å²) in [5.74, 6) is -0.264. The maximum atomic E-state index is 13.0. The van der Waals surface area contributed by atoms with Gasteiger partial charge >= 0.3 is 0 Å². The lowest BCUT2D eigenvalue weighted by Gasteiger charge is -2.11. The van der Waals surface area contributed by atoms with Crippen LogP contribution in [-0.2, 0) is 10.3 Å². The molecule has 0 aromatic heterocycles. The molecule has 2 atom stereocenters. The van der Waals surface area contributed by atoms with E-state index in [0.717, 1.165) is 11.1 Å². The van der Waals surface area contributed by atoms with Crippen molar-refractivity contribution in [2.24, 2.45) is 0 Å². The SMILES string of the molecule is Fc1ccc(C2(CBr)OC2c2ccc(Cl)cc2Cl)cc1. The Bertz CT molecular complexity index is 647. The van der Waals surface area contributed by atoms with Gasteiger partial charge in [0.15, 0.2) is 0 Å². The maximum Gasteiger partial charge on any atom is 0.134 e. The smallest absolute Gasteiger partial charge is 0.134 e. The van der Waals surface area contributed by atoms with Crippen molar-refractivity contribution in [3.05, 3.63) is 69.5 Å². The average Bonchev–Trinajstić information content (AvgIpc) is 3.15. The van der Waals surface area contributed by atoms with Crippen molar-refractivity contribution in [3.8, 4) is 0 Å². The molecule has 1 nitrogen and oxygen atoms in total. The molecule has 0 aliphatic carbocycles. The third-order valence-corrected chi connectivity index (χ3v) is 4.87. The highest BCUT2D eigenvalue weighted by molar-refractivity contribution is 9.09. The van der Waals surface area contributed by atoms with Gasteiger partial charge in [0.2, 0.25) is 0 Å². The van der Waals surface area contributed by atoms with Gasteiger partial charge < -0.3 is 4.74 Å². The van der Waals surface area contributed by atoms with Crippen molar-refractivity contribution in [2.45, 2.75) is 11.7 Å². The van der Waals surface area contributed by atoms with Gasteiger partial charge in [-0.3, -0.25) is 0 Å². The second kappa shape index (κ2) is 5.30. The van der Waals surface area contributed by atoms with Crippen molar-refractivity contribution >= 4 is 39.1 Å². The molecule has 1 heterocycles. The van der Waals surface area contributed by atoms with Gasteiger partial charge in [0, 0.05) is 20.9 Å². The van der Waals surface area contributed by atoms with Crippen LogP contribution < -0.4 is 0 Å². The number of hydrogen-bond acceptors (Lipinski definition) is 1. The Labute approximate surface area is 134 Å². The third-order valence-electron chi connectivity index (χ3n) is 3.47. The van der Waals surface area contributed by atoms with Crippen LogP contribution in [0.15, 0.2) is 42.5 Å². The van der Waals surface area contributed by atoms with E-state index in [-0.39, 0.29) is 11.9 Å². The first-order valence-electron chi connectivity index (χ1n) is 6.01. The molecule has 1 aliphatic rings. The molecule has 0 saturated carbocycles. The molecule has 2 unspecified atom stereocenters. The van der Waals surface area contributed by atoms with Crippen LogP contribution in [0.4, 0.5) is 4.39 Å². The van der Waals surface area contributed by atoms with E-state index >= 15 is 0 Å². The van der Waals surface area contributed by atoms with E-state index < -0.39 is 5.60 Å². The second-order valence-corrected chi connectivity index (χ2v) is 6.10. The summed E-state index contributed by atoms with van der Waals surface area (Å²) in [6, 6.07) is 11.7. The van der Waals surface area contributed by atoms with E-state index in [1.807, 2.05) is 6.07 Å². The van der Waals surface area contributed by atoms with Crippen molar-refractivity contribution < 1.29 is 9.13 Å². The summed E-state index contributed by atoms with van der Waals surface area (Å²) in [6.07, 6.45) is -0.155. The highest BCUT2D eigenvalue weighted by atomic mass is 79.9. The van der Waals surface area contributed by atoms with Gasteiger partial charge in [-0.05, 0) is 29.8 Å². The molecule has 1 fully saturated rings. The topological polar surface area (TPSA) is 12.5 Å². The zero-order valence-electron chi connectivity index (χ0n) is 10.2. The minimum absolute atomic E-state index is 0.155. The minimum Gasteiger partial charge on any atom is -0.355 e. The molecule has 1 saturated heterocycles. The second-order valence-electron chi connectivity index (χ2n) is 4.69. The van der Waals surface area contributed by atoms with E-state index in [4.69, 9.17) is 27.9 Å². The molecule has 0 radical (unpaired) electrons. The highest BCUT2D eigenvalue weighted by Crippen LogP contribution is 2.59. The molecule has 0 N–H and O–H groups in total. The average molecular weight is 376 g/mol. The highest BCUT2D eigenvalue weighted by Gasteiger charge is 2.58. The fourth-order valence-electron chi connectivity index (χ4n) is 2.34. The first-order valence-corrected chi connectivity index (χ1v) is 7.89. The Kier molecular flexibility index (Phi) is 3.80. The Morgan fingerprint density at radius 3 is 2.45 bits per heavy atom. The molecule has 20 heavy (non-hydrogen) atoms. The molecule has 5 heteroatoms. The monoisotopic (exact) mass is 374 g/mol. The van der Waals surface area contributed by atoms with E-state index in [1.54, 1.807) is 24.3 Å². The van der Waals surface area contributed by atoms with Crippen LogP contribution in [0.2, 0.25) is 10.0 Å². The fourth-order valence-corrected chi connectivity index (χ4v) is 3.59. The van der Waals surface area contributed by atoms with Crippen LogP contribution in [0.5, 0.6) is 0 Å². The fraction of sp³-hybridized carbons (Fsp3) is 0.200. The first-order chi connectivity index (χ1) is 9.56. The van der Waals surface area contributed by atoms with Crippen LogP contribution in [0.1, 0.15) is 17.2 Å². The molecule has 0 amide bonds. The van der Waals surface area contributed by atoms with Crippen LogP contribution in [-0.4, -0.2) is 5.33 Å². The summed E-state index contributed by atoms with van der Waals surface area (Å²) in [5.41, 5.74) is 1.32.